The first-order chi connectivity index (χ1) is 9.75. The predicted octanol–water partition coefficient (Wildman–Crippen LogP) is -0.144. The van der Waals surface area contributed by atoms with Gasteiger partial charge in [0.05, 0.1) is 5.39 Å². The Bertz CT molecular complexity index is 787. The van der Waals surface area contributed by atoms with Crippen molar-refractivity contribution in [1.82, 2.24) is 29.9 Å². The minimum atomic E-state index is 0. The van der Waals surface area contributed by atoms with Gasteiger partial charge >= 0.3 is 51.4 Å². The molecule has 4 heterocycles. The molecule has 0 fully saturated rings. The van der Waals surface area contributed by atoms with Gasteiger partial charge in [-0.05, 0) is 11.7 Å². The van der Waals surface area contributed by atoms with Crippen LogP contribution in [-0.2, 0) is 0 Å². The van der Waals surface area contributed by atoms with Crippen molar-refractivity contribution in [3.8, 4) is 0 Å². The van der Waals surface area contributed by atoms with E-state index in [1.165, 1.54) is 12.7 Å². The molecule has 0 spiro atoms. The predicted molar refractivity (Wildman–Crippen MR) is 76.8 cm³/mol. The van der Waals surface area contributed by atoms with Crippen LogP contribution >= 0.6 is 23.2 Å². The zero-order chi connectivity index (χ0) is 13.9. The van der Waals surface area contributed by atoms with Crippen molar-refractivity contribution in [2.45, 2.75) is 0 Å². The number of rotatable bonds is 0. The summed E-state index contributed by atoms with van der Waals surface area (Å²) >= 11 is 11.4. The first kappa shape index (κ1) is 16.8. The van der Waals surface area contributed by atoms with Crippen LogP contribution in [0.4, 0.5) is 0 Å². The van der Waals surface area contributed by atoms with Gasteiger partial charge in [-0.2, -0.15) is 0 Å². The Morgan fingerprint density at radius 1 is 0.905 bits per heavy atom. The third-order valence-electron chi connectivity index (χ3n) is 2.56. The van der Waals surface area contributed by atoms with Gasteiger partial charge in [0.1, 0.15) is 22.3 Å². The summed E-state index contributed by atoms with van der Waals surface area (Å²) in [6, 6.07) is 3.63. The van der Waals surface area contributed by atoms with E-state index in [0.717, 1.165) is 16.4 Å². The van der Waals surface area contributed by atoms with Crippen LogP contribution in [0.3, 0.4) is 0 Å². The minimum Gasteiger partial charge on any atom is -0.442 e. The van der Waals surface area contributed by atoms with E-state index >= 15 is 0 Å². The SMILES string of the molecule is Clc1ncnc2[n-]ccc12.Clc1ncnc2[nH]ccc12.[K+]. The van der Waals surface area contributed by atoms with E-state index in [1.54, 1.807) is 18.5 Å². The molecular weight excluding hydrogens is 338 g/mol. The molecule has 0 radical (unpaired) electrons. The monoisotopic (exact) mass is 344 g/mol. The van der Waals surface area contributed by atoms with Crippen LogP contribution in [0.2, 0.25) is 10.3 Å². The molecule has 0 aliphatic rings. The average molecular weight is 345 g/mol. The molecule has 9 heteroatoms. The number of hydrogen-bond donors (Lipinski definition) is 1. The molecule has 1 N–H and O–H groups in total. The molecule has 0 saturated carbocycles. The van der Waals surface area contributed by atoms with Gasteiger partial charge in [0.2, 0.25) is 0 Å². The summed E-state index contributed by atoms with van der Waals surface area (Å²) in [4.78, 5) is 22.3. The summed E-state index contributed by atoms with van der Waals surface area (Å²) in [6.45, 7) is 0. The number of nitrogens with zero attached hydrogens (tertiary/aromatic N) is 5. The van der Waals surface area contributed by atoms with E-state index in [4.69, 9.17) is 23.2 Å². The van der Waals surface area contributed by atoms with Crippen molar-refractivity contribution in [3.05, 3.63) is 47.5 Å². The number of nitrogens with one attached hydrogen (secondary N) is 1. The van der Waals surface area contributed by atoms with Crippen LogP contribution in [-0.4, -0.2) is 24.9 Å². The number of fused-ring (bicyclic) bond motifs is 2. The average Bonchev–Trinajstić information content (AvgIpc) is 3.08. The van der Waals surface area contributed by atoms with Crippen LogP contribution in [0.15, 0.2) is 37.2 Å². The number of H-pyrrole nitrogens is 1. The standard InChI is InChI=1S/C6H4ClN3.C6H3ClN3.K/c2*7-5-4-1-2-8-6(4)10-3-9-5;/h1-3H,(H,8,9,10);1-3H;/q;-1;+1. The molecule has 0 aliphatic heterocycles. The second kappa shape index (κ2) is 7.64. The van der Waals surface area contributed by atoms with Gasteiger partial charge in [-0.3, -0.25) is 0 Å². The largest absolute Gasteiger partial charge is 1.00 e. The molecule has 0 amide bonds. The smallest absolute Gasteiger partial charge is 0.442 e. The maximum absolute atomic E-state index is 5.73. The Labute approximate surface area is 172 Å². The summed E-state index contributed by atoms with van der Waals surface area (Å²) in [7, 11) is 0. The van der Waals surface area contributed by atoms with Crippen LogP contribution < -0.4 is 56.4 Å². The van der Waals surface area contributed by atoms with Crippen molar-refractivity contribution < 1.29 is 51.4 Å². The molecule has 4 aromatic heterocycles. The van der Waals surface area contributed by atoms with Crippen LogP contribution in [0.1, 0.15) is 0 Å². The molecule has 0 bridgehead atoms. The third-order valence-corrected chi connectivity index (χ3v) is 3.16. The first-order valence-corrected chi connectivity index (χ1v) is 6.33. The number of aromatic nitrogens is 6. The molecule has 4 rings (SSSR count). The van der Waals surface area contributed by atoms with Gasteiger partial charge in [0.15, 0.2) is 0 Å². The van der Waals surface area contributed by atoms with Gasteiger partial charge in [-0.15, -0.1) is 0 Å². The van der Waals surface area contributed by atoms with Crippen molar-refractivity contribution >= 4 is 45.3 Å². The van der Waals surface area contributed by atoms with Gasteiger partial charge in [0.25, 0.3) is 0 Å². The van der Waals surface area contributed by atoms with Crippen molar-refractivity contribution in [2.24, 2.45) is 0 Å². The molecule has 4 aromatic rings. The van der Waals surface area contributed by atoms with E-state index in [1.807, 2.05) is 6.07 Å². The van der Waals surface area contributed by atoms with E-state index in [0.29, 0.717) is 16.0 Å². The quantitative estimate of drug-likeness (QED) is 0.354. The molecule has 0 saturated heterocycles. The zero-order valence-corrected chi connectivity index (χ0v) is 15.6. The Morgan fingerprint density at radius 2 is 1.62 bits per heavy atom. The van der Waals surface area contributed by atoms with Gasteiger partial charge in [-0.1, -0.05) is 35.5 Å². The van der Waals surface area contributed by atoms with E-state index < -0.39 is 0 Å². The molecule has 0 unspecified atom stereocenters. The third kappa shape index (κ3) is 3.81. The van der Waals surface area contributed by atoms with Crippen LogP contribution in [0.5, 0.6) is 0 Å². The van der Waals surface area contributed by atoms with Crippen LogP contribution in [0.25, 0.3) is 22.1 Å². The molecule has 0 atom stereocenters. The summed E-state index contributed by atoms with van der Waals surface area (Å²) in [5.41, 5.74) is 1.43. The fourth-order valence-corrected chi connectivity index (χ4v) is 2.02. The fourth-order valence-electron chi connectivity index (χ4n) is 1.63. The van der Waals surface area contributed by atoms with Crippen molar-refractivity contribution in [1.29, 1.82) is 0 Å². The number of halogens is 2. The molecule has 100 valence electrons. The second-order valence-electron chi connectivity index (χ2n) is 3.75. The van der Waals surface area contributed by atoms with Crippen molar-refractivity contribution in [3.63, 3.8) is 0 Å². The summed E-state index contributed by atoms with van der Waals surface area (Å²) in [5.74, 6) is 0. The molecular formula is C12H7Cl2KN6. The fraction of sp³-hybridized carbons (Fsp3) is 0. The first-order valence-electron chi connectivity index (χ1n) is 5.57. The molecule has 6 nitrogen and oxygen atoms in total. The molecule has 21 heavy (non-hydrogen) atoms. The normalized spacial score (nSPS) is 10.0. The Balaban J connectivity index is 0.000000147. The maximum atomic E-state index is 5.73. The maximum Gasteiger partial charge on any atom is 1.00 e. The minimum absolute atomic E-state index is 0. The van der Waals surface area contributed by atoms with E-state index in [-0.39, 0.29) is 51.4 Å². The van der Waals surface area contributed by atoms with Crippen LogP contribution in [0, 0.1) is 0 Å². The number of aromatic amines is 1. The number of hydrogen-bond acceptors (Lipinski definition) is 4. The van der Waals surface area contributed by atoms with Gasteiger partial charge in [-0.25, -0.2) is 15.0 Å². The molecule has 0 aliphatic carbocycles. The topological polar surface area (TPSA) is 81.4 Å². The Hall–Kier alpha value is -0.544. The van der Waals surface area contributed by atoms with Gasteiger partial charge < -0.3 is 15.0 Å². The zero-order valence-electron chi connectivity index (χ0n) is 11.0. The second-order valence-corrected chi connectivity index (χ2v) is 4.47. The Morgan fingerprint density at radius 3 is 2.33 bits per heavy atom. The summed E-state index contributed by atoms with van der Waals surface area (Å²) < 4.78 is 0. The summed E-state index contributed by atoms with van der Waals surface area (Å²) in [6.07, 6.45) is 6.27. The Kier molecular flexibility index (Phi) is 6.12. The summed E-state index contributed by atoms with van der Waals surface area (Å²) in [5, 5.41) is 2.63. The van der Waals surface area contributed by atoms with Crippen molar-refractivity contribution in [2.75, 3.05) is 0 Å². The van der Waals surface area contributed by atoms with E-state index in [9.17, 15) is 0 Å². The van der Waals surface area contributed by atoms with E-state index in [2.05, 4.69) is 29.9 Å². The molecule has 0 aromatic carbocycles. The van der Waals surface area contributed by atoms with Gasteiger partial charge in [0, 0.05) is 17.9 Å².